The van der Waals surface area contributed by atoms with E-state index in [0.29, 0.717) is 12.7 Å². The van der Waals surface area contributed by atoms with Crippen LogP contribution in [-0.4, -0.2) is 38.9 Å². The standard InChI is InChI=1S/C9H17NO3.ClH/c1-10-8(9(11)12-2)6-13-7-4-3-5-7;/h7-8,10H,3-6H2,1-2H3;1H/t8-;/m0./s1. The van der Waals surface area contributed by atoms with Crippen LogP contribution in [0.4, 0.5) is 0 Å². The lowest BCUT2D eigenvalue weighted by Gasteiger charge is -2.27. The fourth-order valence-electron chi connectivity index (χ4n) is 1.18. The summed E-state index contributed by atoms with van der Waals surface area (Å²) >= 11 is 0. The SMILES string of the molecule is CN[C@@H](COC1CCC1)C(=O)OC.Cl. The van der Waals surface area contributed by atoms with Crippen LogP contribution in [0.25, 0.3) is 0 Å². The molecule has 1 aliphatic carbocycles. The highest BCUT2D eigenvalue weighted by Crippen LogP contribution is 2.21. The van der Waals surface area contributed by atoms with Crippen molar-refractivity contribution >= 4 is 18.4 Å². The van der Waals surface area contributed by atoms with Gasteiger partial charge in [-0.25, -0.2) is 0 Å². The maximum Gasteiger partial charge on any atom is 0.325 e. The number of methoxy groups -OCH3 is 1. The first kappa shape index (κ1) is 13.7. The Morgan fingerprint density at radius 1 is 1.57 bits per heavy atom. The number of nitrogens with one attached hydrogen (secondary N) is 1. The minimum atomic E-state index is -0.328. The number of carbonyl (C=O) groups is 1. The van der Waals surface area contributed by atoms with Crippen molar-refractivity contribution < 1.29 is 14.3 Å². The van der Waals surface area contributed by atoms with Gasteiger partial charge in [-0.15, -0.1) is 12.4 Å². The largest absolute Gasteiger partial charge is 0.468 e. The van der Waals surface area contributed by atoms with Gasteiger partial charge in [0, 0.05) is 0 Å². The Bertz CT molecular complexity index is 173. The van der Waals surface area contributed by atoms with Crippen LogP contribution in [0, 0.1) is 0 Å². The molecule has 1 N–H and O–H groups in total. The van der Waals surface area contributed by atoms with Crippen LogP contribution >= 0.6 is 12.4 Å². The molecule has 84 valence electrons. The summed E-state index contributed by atoms with van der Waals surface area (Å²) in [5, 5.41) is 2.86. The van der Waals surface area contributed by atoms with Gasteiger partial charge in [0.15, 0.2) is 0 Å². The molecule has 0 unspecified atom stereocenters. The number of hydrogen-bond donors (Lipinski definition) is 1. The second-order valence-corrected chi connectivity index (χ2v) is 3.25. The van der Waals surface area contributed by atoms with E-state index in [2.05, 4.69) is 10.1 Å². The maximum atomic E-state index is 11.1. The summed E-state index contributed by atoms with van der Waals surface area (Å²) in [6, 6.07) is -0.328. The van der Waals surface area contributed by atoms with E-state index in [1.54, 1.807) is 7.05 Å². The van der Waals surface area contributed by atoms with E-state index in [0.717, 1.165) is 12.8 Å². The third kappa shape index (κ3) is 3.82. The lowest BCUT2D eigenvalue weighted by atomic mass is 9.96. The number of carbonyl (C=O) groups excluding carboxylic acids is 1. The van der Waals surface area contributed by atoms with E-state index >= 15 is 0 Å². The summed E-state index contributed by atoms with van der Waals surface area (Å²) in [4.78, 5) is 11.1. The monoisotopic (exact) mass is 223 g/mol. The highest BCUT2D eigenvalue weighted by atomic mass is 35.5. The van der Waals surface area contributed by atoms with Crippen LogP contribution < -0.4 is 5.32 Å². The molecule has 0 saturated heterocycles. The van der Waals surface area contributed by atoms with Gasteiger partial charge in [0.25, 0.3) is 0 Å². The first-order valence-electron chi connectivity index (χ1n) is 4.64. The van der Waals surface area contributed by atoms with Gasteiger partial charge in [0.05, 0.1) is 19.8 Å². The highest BCUT2D eigenvalue weighted by molar-refractivity contribution is 5.85. The lowest BCUT2D eigenvalue weighted by Crippen LogP contribution is -2.41. The minimum Gasteiger partial charge on any atom is -0.468 e. The van der Waals surface area contributed by atoms with Gasteiger partial charge in [-0.1, -0.05) is 0 Å². The van der Waals surface area contributed by atoms with E-state index in [4.69, 9.17) is 4.74 Å². The normalized spacial score (nSPS) is 17.9. The molecule has 0 aromatic carbocycles. The highest BCUT2D eigenvalue weighted by Gasteiger charge is 2.22. The average Bonchev–Trinajstić information content (AvgIpc) is 2.08. The molecular formula is C9H18ClNO3. The van der Waals surface area contributed by atoms with Crippen molar-refractivity contribution in [3.8, 4) is 0 Å². The summed E-state index contributed by atoms with van der Waals surface area (Å²) < 4.78 is 10.1. The molecule has 5 heteroatoms. The molecule has 1 saturated carbocycles. The molecule has 1 aliphatic rings. The number of likely N-dealkylation sites (N-methyl/N-ethyl adjacent to an activating group) is 1. The molecule has 0 amide bonds. The van der Waals surface area contributed by atoms with E-state index in [1.807, 2.05) is 0 Å². The number of hydrogen-bond acceptors (Lipinski definition) is 4. The van der Waals surface area contributed by atoms with Crippen molar-refractivity contribution in [1.82, 2.24) is 5.32 Å². The van der Waals surface area contributed by atoms with Crippen molar-refractivity contribution in [3.63, 3.8) is 0 Å². The predicted octanol–water partition coefficient (Wildman–Crippen LogP) is 0.738. The zero-order valence-electron chi connectivity index (χ0n) is 8.62. The Labute approximate surface area is 90.7 Å². The van der Waals surface area contributed by atoms with Crippen LogP contribution in [0.5, 0.6) is 0 Å². The summed E-state index contributed by atoms with van der Waals surface area (Å²) in [5.74, 6) is -0.262. The minimum absolute atomic E-state index is 0. The third-order valence-corrected chi connectivity index (χ3v) is 2.38. The molecule has 1 rings (SSSR count). The first-order chi connectivity index (χ1) is 6.27. The van der Waals surface area contributed by atoms with Crippen LogP contribution in [-0.2, 0) is 14.3 Å². The molecule has 14 heavy (non-hydrogen) atoms. The summed E-state index contributed by atoms with van der Waals surface area (Å²) in [5.41, 5.74) is 0. The number of ether oxygens (including phenoxy) is 2. The molecule has 0 aliphatic heterocycles. The lowest BCUT2D eigenvalue weighted by molar-refractivity contribution is -0.145. The van der Waals surface area contributed by atoms with Crippen molar-refractivity contribution in [1.29, 1.82) is 0 Å². The number of esters is 1. The van der Waals surface area contributed by atoms with Crippen molar-refractivity contribution in [2.24, 2.45) is 0 Å². The second kappa shape index (κ2) is 7.04. The van der Waals surface area contributed by atoms with Crippen molar-refractivity contribution in [3.05, 3.63) is 0 Å². The molecular weight excluding hydrogens is 206 g/mol. The zero-order chi connectivity index (χ0) is 9.68. The van der Waals surface area contributed by atoms with Gasteiger partial charge in [0.1, 0.15) is 6.04 Å². The third-order valence-electron chi connectivity index (χ3n) is 2.38. The fraction of sp³-hybridized carbons (Fsp3) is 0.889. The number of halogens is 1. The van der Waals surface area contributed by atoms with Crippen molar-refractivity contribution in [2.75, 3.05) is 20.8 Å². The molecule has 1 fully saturated rings. The van der Waals surface area contributed by atoms with Gasteiger partial charge < -0.3 is 14.8 Å². The van der Waals surface area contributed by atoms with Gasteiger partial charge in [-0.2, -0.15) is 0 Å². The first-order valence-corrected chi connectivity index (χ1v) is 4.64. The molecule has 0 radical (unpaired) electrons. The second-order valence-electron chi connectivity index (χ2n) is 3.25. The van der Waals surface area contributed by atoms with Crippen LogP contribution in [0.15, 0.2) is 0 Å². The zero-order valence-corrected chi connectivity index (χ0v) is 9.43. The van der Waals surface area contributed by atoms with E-state index in [9.17, 15) is 4.79 Å². The maximum absolute atomic E-state index is 11.1. The van der Waals surface area contributed by atoms with E-state index in [1.165, 1.54) is 13.5 Å². The summed E-state index contributed by atoms with van der Waals surface area (Å²) in [6.45, 7) is 0.411. The van der Waals surface area contributed by atoms with E-state index < -0.39 is 0 Å². The predicted molar refractivity (Wildman–Crippen MR) is 55.7 cm³/mol. The Kier molecular flexibility index (Phi) is 6.87. The smallest absolute Gasteiger partial charge is 0.325 e. The summed E-state index contributed by atoms with van der Waals surface area (Å²) in [7, 11) is 3.11. The molecule has 0 aromatic heterocycles. The number of rotatable bonds is 5. The topological polar surface area (TPSA) is 47.6 Å². The Morgan fingerprint density at radius 2 is 2.21 bits per heavy atom. The van der Waals surface area contributed by atoms with Gasteiger partial charge in [0.2, 0.25) is 0 Å². The molecule has 4 nitrogen and oxygen atoms in total. The van der Waals surface area contributed by atoms with Crippen molar-refractivity contribution in [2.45, 2.75) is 31.4 Å². The van der Waals surface area contributed by atoms with Gasteiger partial charge in [-0.05, 0) is 26.3 Å². The van der Waals surface area contributed by atoms with Crippen LogP contribution in [0.2, 0.25) is 0 Å². The molecule has 0 heterocycles. The summed E-state index contributed by atoms with van der Waals surface area (Å²) in [6.07, 6.45) is 3.85. The molecule has 0 aromatic rings. The van der Waals surface area contributed by atoms with Gasteiger partial charge >= 0.3 is 5.97 Å². The van der Waals surface area contributed by atoms with E-state index in [-0.39, 0.29) is 24.4 Å². The van der Waals surface area contributed by atoms with Gasteiger partial charge in [-0.3, -0.25) is 4.79 Å². The Balaban J connectivity index is 0.00000169. The Hall–Kier alpha value is -0.320. The van der Waals surface area contributed by atoms with Crippen LogP contribution in [0.1, 0.15) is 19.3 Å². The average molecular weight is 224 g/mol. The van der Waals surface area contributed by atoms with Crippen LogP contribution in [0.3, 0.4) is 0 Å². The molecule has 0 bridgehead atoms. The quantitative estimate of drug-likeness (QED) is 0.699. The Morgan fingerprint density at radius 3 is 2.57 bits per heavy atom. The molecule has 1 atom stereocenters. The molecule has 0 spiro atoms. The fourth-order valence-corrected chi connectivity index (χ4v) is 1.18.